The summed E-state index contributed by atoms with van der Waals surface area (Å²) in [5, 5.41) is 42.8. The summed E-state index contributed by atoms with van der Waals surface area (Å²) in [5.74, 6) is -0.618. The van der Waals surface area contributed by atoms with Crippen LogP contribution in [0.1, 0.15) is 66.4 Å². The minimum atomic E-state index is -0.986. The van der Waals surface area contributed by atoms with Crippen molar-refractivity contribution in [1.82, 2.24) is 5.16 Å². The van der Waals surface area contributed by atoms with Gasteiger partial charge in [0.2, 0.25) is 0 Å². The number of fused-ring (bicyclic) bond motifs is 2. The predicted molar refractivity (Wildman–Crippen MR) is 238 cm³/mol. The van der Waals surface area contributed by atoms with Crippen LogP contribution in [0.4, 0.5) is 34.1 Å². The fraction of sp³-hybridized carbons (Fsp3) is 0.391. The van der Waals surface area contributed by atoms with Gasteiger partial charge in [0.1, 0.15) is 17.8 Å². The number of unbranched alkanes of at least 4 members (excludes halogenated alkanes) is 2. The number of piperidine rings is 1. The zero-order valence-corrected chi connectivity index (χ0v) is 35.3. The summed E-state index contributed by atoms with van der Waals surface area (Å²) < 4.78 is 22.9. The van der Waals surface area contributed by atoms with Gasteiger partial charge in [0.25, 0.3) is 11.4 Å². The number of benzene rings is 4. The largest absolute Gasteiger partial charge is 0.480 e. The number of ether oxygens (including phenoxy) is 3. The average molecular weight is 879 g/mol. The molecular weight excluding hydrogens is 829 g/mol. The quantitative estimate of drug-likeness (QED) is 0.0279. The summed E-state index contributed by atoms with van der Waals surface area (Å²) in [4.78, 5) is 62.0. The van der Waals surface area contributed by atoms with Gasteiger partial charge in [-0.15, -0.1) is 0 Å². The highest BCUT2D eigenvalue weighted by molar-refractivity contribution is 6.29. The van der Waals surface area contributed by atoms with Crippen molar-refractivity contribution in [3.63, 3.8) is 0 Å². The van der Waals surface area contributed by atoms with Gasteiger partial charge in [0.05, 0.1) is 64.7 Å². The van der Waals surface area contributed by atoms with Gasteiger partial charge < -0.3 is 39.4 Å². The van der Waals surface area contributed by atoms with E-state index in [1.807, 2.05) is 30.3 Å². The number of hydrogen-bond donors (Lipinski definition) is 3. The smallest absolute Gasteiger partial charge is 0.322 e. The second-order valence-corrected chi connectivity index (χ2v) is 15.7. The minimum absolute atomic E-state index is 0.165. The number of aliphatic carboxylic acids is 1. The third-order valence-corrected chi connectivity index (χ3v) is 11.3. The van der Waals surface area contributed by atoms with Crippen molar-refractivity contribution in [2.75, 3.05) is 74.8 Å². The maximum absolute atomic E-state index is 14.1. The second kappa shape index (κ2) is 21.5. The number of nitrogens with zero attached hydrogens (tertiary/aromatic N) is 4. The number of Topliss-reactive ketones (excluding diaryl/α,β-unsaturated/α-hetero) is 1. The molecule has 0 spiro atoms. The van der Waals surface area contributed by atoms with Crippen LogP contribution in [0.5, 0.6) is 0 Å². The van der Waals surface area contributed by atoms with E-state index in [9.17, 15) is 34.6 Å². The number of aryl methyl sites for hydroxylation is 1. The Balaban J connectivity index is 0.845. The summed E-state index contributed by atoms with van der Waals surface area (Å²) >= 11 is 0. The van der Waals surface area contributed by atoms with Crippen LogP contribution in [0, 0.1) is 26.1 Å². The van der Waals surface area contributed by atoms with E-state index in [0.29, 0.717) is 141 Å². The van der Waals surface area contributed by atoms with E-state index >= 15 is 0 Å². The minimum Gasteiger partial charge on any atom is -0.480 e. The monoisotopic (exact) mass is 878 g/mol. The molecule has 2 aliphatic rings. The molecule has 0 amide bonds. The SMILES string of the molecule is O=C(O)CNc1cccc(Nc2cc(N3CCC[C@H](C(=O)CCCCOCCOCCOCCCCc4ccc([N+](=O)[O-])cc4[N+](=O)[O-])C3)c3noc4c3c2C(=O)c2ccccc2-4)c1. The molecule has 1 aromatic heterocycles. The van der Waals surface area contributed by atoms with Crippen molar-refractivity contribution < 1.29 is 48.1 Å². The lowest BCUT2D eigenvalue weighted by Gasteiger charge is -2.34. The number of nitro groups is 2. The summed E-state index contributed by atoms with van der Waals surface area (Å²) in [6.45, 7) is 3.52. The Morgan fingerprint density at radius 3 is 2.30 bits per heavy atom. The molecule has 18 nitrogen and oxygen atoms in total. The molecule has 5 aromatic rings. The molecule has 1 saturated heterocycles. The van der Waals surface area contributed by atoms with Crippen LogP contribution in [-0.2, 0) is 30.2 Å². The first-order chi connectivity index (χ1) is 31.1. The first-order valence-corrected chi connectivity index (χ1v) is 21.4. The molecule has 1 aliphatic heterocycles. The van der Waals surface area contributed by atoms with Crippen molar-refractivity contribution in [1.29, 1.82) is 0 Å². The van der Waals surface area contributed by atoms with E-state index in [4.69, 9.17) is 23.8 Å². The second-order valence-electron chi connectivity index (χ2n) is 15.7. The first-order valence-electron chi connectivity index (χ1n) is 21.4. The molecule has 7 rings (SSSR count). The Morgan fingerprint density at radius 2 is 1.56 bits per heavy atom. The van der Waals surface area contributed by atoms with Crippen LogP contribution < -0.4 is 15.5 Å². The highest BCUT2D eigenvalue weighted by atomic mass is 16.6. The third kappa shape index (κ3) is 11.1. The standard InChI is InChI=1S/C46H50N6O12/c53-40(15-4-6-20-62-22-24-63-23-21-61-19-5-3-9-30-16-17-34(51(57)58)26-38(30)52(59)60)31-10-8-18-50(29-31)39-27-37(48-33-12-7-11-32(25-33)47-28-41(54)55)42-43-44(39)49-64-46(43)36-14-2-1-13-35(36)45(42)56/h1-2,7,11-14,16-17,25-27,31,47-48H,3-6,8-10,15,18-24,28-29H2,(H,54,55)/t31-/m0/s1. The molecule has 0 radical (unpaired) electrons. The Kier molecular flexibility index (Phi) is 15.2. The highest BCUT2D eigenvalue weighted by Gasteiger charge is 2.35. The molecule has 3 N–H and O–H groups in total. The molecular formula is C46H50N6O12. The number of anilines is 4. The topological polar surface area (TPSA) is 239 Å². The Hall–Kier alpha value is -6.76. The van der Waals surface area contributed by atoms with Gasteiger partial charge in [-0.3, -0.25) is 34.6 Å². The molecule has 1 fully saturated rings. The van der Waals surface area contributed by atoms with E-state index < -0.39 is 15.8 Å². The average Bonchev–Trinajstić information content (AvgIpc) is 3.74. The molecule has 1 aliphatic carbocycles. The Bertz CT molecular complexity index is 2510. The first kappa shape index (κ1) is 45.3. The number of aromatic nitrogens is 1. The molecule has 1 atom stereocenters. The number of nitro benzene ring substituents is 2. The van der Waals surface area contributed by atoms with E-state index in [0.717, 1.165) is 31.0 Å². The Labute approximate surface area is 368 Å². The van der Waals surface area contributed by atoms with Crippen molar-refractivity contribution >= 4 is 62.6 Å². The molecule has 4 aromatic carbocycles. The van der Waals surface area contributed by atoms with Gasteiger partial charge in [-0.1, -0.05) is 35.5 Å². The number of non-ortho nitro benzene ring substituents is 1. The van der Waals surface area contributed by atoms with Gasteiger partial charge in [0.15, 0.2) is 11.5 Å². The van der Waals surface area contributed by atoms with Crippen LogP contribution in [0.15, 0.2) is 77.3 Å². The van der Waals surface area contributed by atoms with Gasteiger partial charge >= 0.3 is 5.97 Å². The number of carbonyl (C=O) groups is 3. The molecule has 64 heavy (non-hydrogen) atoms. The normalized spacial score (nSPS) is 14.3. The van der Waals surface area contributed by atoms with Crippen LogP contribution in [-0.4, -0.2) is 96.9 Å². The van der Waals surface area contributed by atoms with E-state index in [2.05, 4.69) is 20.7 Å². The molecule has 336 valence electrons. The highest BCUT2D eigenvalue weighted by Crippen LogP contribution is 2.47. The zero-order valence-electron chi connectivity index (χ0n) is 35.3. The van der Waals surface area contributed by atoms with Crippen molar-refractivity contribution in [2.24, 2.45) is 5.92 Å². The summed E-state index contributed by atoms with van der Waals surface area (Å²) in [6, 6.07) is 20.1. The molecule has 0 bridgehead atoms. The molecule has 0 unspecified atom stereocenters. The lowest BCUT2D eigenvalue weighted by Crippen LogP contribution is -2.39. The van der Waals surface area contributed by atoms with Crippen LogP contribution in [0.25, 0.3) is 22.2 Å². The number of ketones is 2. The zero-order chi connectivity index (χ0) is 45.0. The van der Waals surface area contributed by atoms with Crippen LogP contribution in [0.2, 0.25) is 0 Å². The molecule has 2 heterocycles. The molecule has 0 saturated carbocycles. The number of hydrogen-bond acceptors (Lipinski definition) is 15. The Morgan fingerprint density at radius 1 is 0.844 bits per heavy atom. The van der Waals surface area contributed by atoms with E-state index in [1.165, 1.54) is 12.1 Å². The van der Waals surface area contributed by atoms with Crippen molar-refractivity contribution in [3.8, 4) is 11.3 Å². The summed E-state index contributed by atoms with van der Waals surface area (Å²) in [5.41, 5.74) is 4.64. The predicted octanol–water partition coefficient (Wildman–Crippen LogP) is 8.12. The van der Waals surface area contributed by atoms with E-state index in [1.54, 1.807) is 24.3 Å². The van der Waals surface area contributed by atoms with Gasteiger partial charge in [-0.25, -0.2) is 0 Å². The summed E-state index contributed by atoms with van der Waals surface area (Å²) in [6.07, 6.45) is 5.17. The van der Waals surface area contributed by atoms with Crippen molar-refractivity contribution in [2.45, 2.75) is 51.4 Å². The lowest BCUT2D eigenvalue weighted by molar-refractivity contribution is -0.394. The number of carbonyl (C=O) groups excluding carboxylic acids is 2. The lowest BCUT2D eigenvalue weighted by atomic mass is 9.85. The van der Waals surface area contributed by atoms with Crippen LogP contribution in [0.3, 0.4) is 0 Å². The number of carboxylic acid groups (broad SMARTS) is 1. The summed E-state index contributed by atoms with van der Waals surface area (Å²) in [7, 11) is 0. The van der Waals surface area contributed by atoms with E-state index in [-0.39, 0.29) is 35.4 Å². The maximum Gasteiger partial charge on any atom is 0.322 e. The van der Waals surface area contributed by atoms with Gasteiger partial charge in [0, 0.05) is 72.8 Å². The van der Waals surface area contributed by atoms with Crippen molar-refractivity contribution in [3.05, 3.63) is 110 Å². The fourth-order valence-corrected chi connectivity index (χ4v) is 8.20. The maximum atomic E-state index is 14.1. The van der Waals surface area contributed by atoms with Gasteiger partial charge in [-0.05, 0) is 75.3 Å². The number of rotatable bonds is 25. The third-order valence-electron chi connectivity index (χ3n) is 11.3. The number of carboxylic acids is 1. The van der Waals surface area contributed by atoms with Gasteiger partial charge in [-0.2, -0.15) is 0 Å². The molecule has 18 heteroatoms. The van der Waals surface area contributed by atoms with Crippen LogP contribution >= 0.6 is 0 Å². The fourth-order valence-electron chi connectivity index (χ4n) is 8.20. The number of nitrogens with one attached hydrogen (secondary N) is 2.